The zero-order valence-electron chi connectivity index (χ0n) is 12.2. The lowest BCUT2D eigenvalue weighted by molar-refractivity contribution is 0.369. The number of nitrogens with one attached hydrogen (secondary N) is 1. The van der Waals surface area contributed by atoms with Gasteiger partial charge in [-0.2, -0.15) is 5.10 Å². The van der Waals surface area contributed by atoms with E-state index in [0.29, 0.717) is 12.3 Å². The SMILES string of the molecule is CCn1cc(CNCc2cccc(OC)c2O)c(C)n1. The predicted molar refractivity (Wildman–Crippen MR) is 77.8 cm³/mol. The first-order valence-corrected chi connectivity index (χ1v) is 6.74. The van der Waals surface area contributed by atoms with E-state index in [9.17, 15) is 5.11 Å². The summed E-state index contributed by atoms with van der Waals surface area (Å²) in [5, 5.41) is 17.7. The third-order valence-corrected chi connectivity index (χ3v) is 3.31. The molecule has 0 spiro atoms. The van der Waals surface area contributed by atoms with Crippen molar-refractivity contribution in [2.75, 3.05) is 7.11 Å². The summed E-state index contributed by atoms with van der Waals surface area (Å²) in [7, 11) is 1.55. The van der Waals surface area contributed by atoms with Crippen molar-refractivity contribution in [1.82, 2.24) is 15.1 Å². The quantitative estimate of drug-likeness (QED) is 0.848. The monoisotopic (exact) mass is 275 g/mol. The molecule has 0 aliphatic carbocycles. The molecule has 0 radical (unpaired) electrons. The van der Waals surface area contributed by atoms with Crippen molar-refractivity contribution in [3.63, 3.8) is 0 Å². The maximum absolute atomic E-state index is 10.0. The van der Waals surface area contributed by atoms with Gasteiger partial charge in [0.2, 0.25) is 0 Å². The average Bonchev–Trinajstić information content (AvgIpc) is 2.81. The standard InChI is InChI=1S/C15H21N3O2/c1-4-18-10-13(11(2)17-18)9-16-8-12-6-5-7-14(20-3)15(12)19/h5-7,10,16,19H,4,8-9H2,1-3H3. The van der Waals surface area contributed by atoms with Gasteiger partial charge in [-0.3, -0.25) is 4.68 Å². The van der Waals surface area contributed by atoms with Gasteiger partial charge in [-0.25, -0.2) is 0 Å². The Morgan fingerprint density at radius 3 is 2.70 bits per heavy atom. The molecule has 0 fully saturated rings. The summed E-state index contributed by atoms with van der Waals surface area (Å²) in [6.07, 6.45) is 2.05. The Morgan fingerprint density at radius 1 is 1.30 bits per heavy atom. The van der Waals surface area contributed by atoms with Crippen LogP contribution in [0.3, 0.4) is 0 Å². The van der Waals surface area contributed by atoms with Crippen LogP contribution < -0.4 is 10.1 Å². The van der Waals surface area contributed by atoms with E-state index < -0.39 is 0 Å². The molecule has 0 aliphatic rings. The third kappa shape index (κ3) is 3.11. The molecule has 0 saturated heterocycles. The van der Waals surface area contributed by atoms with Crippen molar-refractivity contribution >= 4 is 0 Å². The highest BCUT2D eigenvalue weighted by Crippen LogP contribution is 2.29. The number of para-hydroxylation sites is 1. The molecule has 1 heterocycles. The lowest BCUT2D eigenvalue weighted by Gasteiger charge is -2.09. The molecule has 0 saturated carbocycles. The van der Waals surface area contributed by atoms with Crippen LogP contribution in [0.25, 0.3) is 0 Å². The molecule has 1 aromatic carbocycles. The fourth-order valence-corrected chi connectivity index (χ4v) is 2.10. The van der Waals surface area contributed by atoms with Crippen LogP contribution in [0.4, 0.5) is 0 Å². The van der Waals surface area contributed by atoms with Gasteiger partial charge in [-0.15, -0.1) is 0 Å². The summed E-state index contributed by atoms with van der Waals surface area (Å²) in [6, 6.07) is 5.50. The maximum Gasteiger partial charge on any atom is 0.162 e. The lowest BCUT2D eigenvalue weighted by Crippen LogP contribution is -2.13. The van der Waals surface area contributed by atoms with E-state index in [1.165, 1.54) is 5.56 Å². The van der Waals surface area contributed by atoms with E-state index in [4.69, 9.17) is 4.74 Å². The molecule has 108 valence electrons. The van der Waals surface area contributed by atoms with Crippen molar-refractivity contribution in [2.45, 2.75) is 33.5 Å². The Bertz CT molecular complexity index is 578. The van der Waals surface area contributed by atoms with Gasteiger partial charge in [0, 0.05) is 37.0 Å². The van der Waals surface area contributed by atoms with Gasteiger partial charge in [-0.05, 0) is 19.9 Å². The van der Waals surface area contributed by atoms with E-state index in [1.54, 1.807) is 13.2 Å². The number of phenolic OH excluding ortho intramolecular Hbond substituents is 1. The van der Waals surface area contributed by atoms with Crippen molar-refractivity contribution in [1.29, 1.82) is 0 Å². The molecule has 0 atom stereocenters. The van der Waals surface area contributed by atoms with Gasteiger partial charge in [0.25, 0.3) is 0 Å². The number of benzene rings is 1. The summed E-state index contributed by atoms with van der Waals surface area (Å²) in [6.45, 7) is 6.25. The number of methoxy groups -OCH3 is 1. The summed E-state index contributed by atoms with van der Waals surface area (Å²) < 4.78 is 7.02. The van der Waals surface area contributed by atoms with Crippen LogP contribution in [0.1, 0.15) is 23.7 Å². The number of nitrogens with zero attached hydrogens (tertiary/aromatic N) is 2. The van der Waals surface area contributed by atoms with Gasteiger partial charge >= 0.3 is 0 Å². The number of aryl methyl sites for hydroxylation is 2. The molecule has 2 N–H and O–H groups in total. The Morgan fingerprint density at radius 2 is 2.05 bits per heavy atom. The molecule has 5 nitrogen and oxygen atoms in total. The molecule has 2 aromatic rings. The van der Waals surface area contributed by atoms with Crippen molar-refractivity contribution in [3.05, 3.63) is 41.2 Å². The molecular weight excluding hydrogens is 254 g/mol. The van der Waals surface area contributed by atoms with E-state index in [-0.39, 0.29) is 5.75 Å². The van der Waals surface area contributed by atoms with Crippen LogP contribution in [0.2, 0.25) is 0 Å². The van der Waals surface area contributed by atoms with E-state index in [2.05, 4.69) is 17.3 Å². The fourth-order valence-electron chi connectivity index (χ4n) is 2.10. The smallest absolute Gasteiger partial charge is 0.162 e. The highest BCUT2D eigenvalue weighted by Gasteiger charge is 2.08. The number of hydrogen-bond donors (Lipinski definition) is 2. The number of aromatic hydroxyl groups is 1. The predicted octanol–water partition coefficient (Wildman–Crippen LogP) is 2.22. The molecule has 2 rings (SSSR count). The summed E-state index contributed by atoms with van der Waals surface area (Å²) in [5.41, 5.74) is 3.04. The van der Waals surface area contributed by atoms with Crippen LogP contribution in [0.15, 0.2) is 24.4 Å². The number of aromatic nitrogens is 2. The lowest BCUT2D eigenvalue weighted by atomic mass is 10.2. The zero-order valence-corrected chi connectivity index (χ0v) is 12.2. The second-order valence-corrected chi connectivity index (χ2v) is 4.67. The maximum atomic E-state index is 10.0. The zero-order chi connectivity index (χ0) is 14.5. The largest absolute Gasteiger partial charge is 0.504 e. The van der Waals surface area contributed by atoms with Crippen LogP contribution in [0, 0.1) is 6.92 Å². The summed E-state index contributed by atoms with van der Waals surface area (Å²) >= 11 is 0. The Hall–Kier alpha value is -2.01. The van der Waals surface area contributed by atoms with Gasteiger partial charge in [-0.1, -0.05) is 12.1 Å². The first-order valence-electron chi connectivity index (χ1n) is 6.74. The number of phenols is 1. The Kier molecular flexibility index (Phi) is 4.63. The van der Waals surface area contributed by atoms with E-state index in [0.717, 1.165) is 24.3 Å². The van der Waals surface area contributed by atoms with Crippen molar-refractivity contribution in [3.8, 4) is 11.5 Å². The summed E-state index contributed by atoms with van der Waals surface area (Å²) in [5.74, 6) is 0.697. The summed E-state index contributed by atoms with van der Waals surface area (Å²) in [4.78, 5) is 0. The van der Waals surface area contributed by atoms with Gasteiger partial charge < -0.3 is 15.2 Å². The number of ether oxygens (including phenoxy) is 1. The fraction of sp³-hybridized carbons (Fsp3) is 0.400. The minimum atomic E-state index is 0.198. The van der Waals surface area contributed by atoms with Crippen LogP contribution in [-0.4, -0.2) is 22.0 Å². The van der Waals surface area contributed by atoms with Gasteiger partial charge in [0.15, 0.2) is 11.5 Å². The Labute approximate surface area is 119 Å². The Balaban J connectivity index is 1.97. The minimum absolute atomic E-state index is 0.198. The topological polar surface area (TPSA) is 59.3 Å². The second kappa shape index (κ2) is 6.43. The molecule has 20 heavy (non-hydrogen) atoms. The van der Waals surface area contributed by atoms with Gasteiger partial charge in [0.1, 0.15) is 0 Å². The highest BCUT2D eigenvalue weighted by atomic mass is 16.5. The molecule has 0 amide bonds. The van der Waals surface area contributed by atoms with Crippen LogP contribution in [0.5, 0.6) is 11.5 Å². The molecule has 0 unspecified atom stereocenters. The minimum Gasteiger partial charge on any atom is -0.504 e. The molecular formula is C15H21N3O2. The molecule has 0 bridgehead atoms. The third-order valence-electron chi connectivity index (χ3n) is 3.31. The highest BCUT2D eigenvalue weighted by molar-refractivity contribution is 5.45. The molecule has 0 aliphatic heterocycles. The van der Waals surface area contributed by atoms with Crippen molar-refractivity contribution in [2.24, 2.45) is 0 Å². The average molecular weight is 275 g/mol. The normalized spacial score (nSPS) is 10.8. The molecule has 1 aromatic heterocycles. The second-order valence-electron chi connectivity index (χ2n) is 4.67. The van der Waals surface area contributed by atoms with E-state index >= 15 is 0 Å². The first kappa shape index (κ1) is 14.4. The number of hydrogen-bond acceptors (Lipinski definition) is 4. The van der Waals surface area contributed by atoms with Crippen LogP contribution in [-0.2, 0) is 19.6 Å². The van der Waals surface area contributed by atoms with Crippen molar-refractivity contribution < 1.29 is 9.84 Å². The molecule has 5 heteroatoms. The first-order chi connectivity index (χ1) is 9.65. The number of rotatable bonds is 6. The van der Waals surface area contributed by atoms with E-state index in [1.807, 2.05) is 29.9 Å². The van der Waals surface area contributed by atoms with Crippen LogP contribution >= 0.6 is 0 Å². The van der Waals surface area contributed by atoms with Gasteiger partial charge in [0.05, 0.1) is 12.8 Å².